The number of hydrogen-bond donors (Lipinski definition) is 4. The fourth-order valence-electron chi connectivity index (χ4n) is 3.96. The molecule has 38 heavy (non-hydrogen) atoms. The molecule has 0 spiro atoms. The molecule has 0 fully saturated rings. The third-order valence-corrected chi connectivity index (χ3v) is 6.61. The number of hydrogen-bond acceptors (Lipinski definition) is 4. The van der Waals surface area contributed by atoms with E-state index in [1.54, 1.807) is 0 Å². The molecule has 0 radical (unpaired) electrons. The van der Waals surface area contributed by atoms with Crippen molar-refractivity contribution in [3.8, 4) is 11.1 Å². The zero-order valence-electron chi connectivity index (χ0n) is 19.7. The van der Waals surface area contributed by atoms with Crippen molar-refractivity contribution in [2.45, 2.75) is 63.6 Å². The summed E-state index contributed by atoms with van der Waals surface area (Å²) in [6, 6.07) is 0.168. The van der Waals surface area contributed by atoms with E-state index in [2.05, 4.69) is 0 Å². The minimum Gasteiger partial charge on any atom is -0.398 e. The summed E-state index contributed by atoms with van der Waals surface area (Å²) in [6.45, 7) is 4.03. The number of anilines is 2. The fourth-order valence-corrected chi connectivity index (χ4v) is 3.96. The largest absolute Gasteiger partial charge is 0.430 e. The number of halogens is 12. The summed E-state index contributed by atoms with van der Waals surface area (Å²) in [5.74, 6) is 0. The molecule has 2 aromatic rings. The van der Waals surface area contributed by atoms with Crippen LogP contribution in [-0.4, -0.2) is 34.9 Å². The highest BCUT2D eigenvalue weighted by molar-refractivity contribution is 5.81. The molecule has 0 amide bonds. The number of alkyl halides is 12. The molecular weight excluding hydrogens is 552 g/mol. The van der Waals surface area contributed by atoms with Gasteiger partial charge in [0.1, 0.15) is 0 Å². The van der Waals surface area contributed by atoms with Crippen LogP contribution in [0.1, 0.15) is 33.4 Å². The summed E-state index contributed by atoms with van der Waals surface area (Å²) in [7, 11) is 0. The molecule has 214 valence electrons. The van der Waals surface area contributed by atoms with E-state index in [-0.39, 0.29) is 23.3 Å². The molecule has 4 nitrogen and oxygen atoms in total. The van der Waals surface area contributed by atoms with Gasteiger partial charge >= 0.3 is 24.7 Å². The van der Waals surface area contributed by atoms with Crippen LogP contribution in [0.5, 0.6) is 0 Å². The van der Waals surface area contributed by atoms with Crippen molar-refractivity contribution in [2.75, 3.05) is 11.5 Å². The van der Waals surface area contributed by atoms with Gasteiger partial charge in [-0.25, -0.2) is 0 Å². The quantitative estimate of drug-likeness (QED) is 0.254. The molecule has 2 aromatic carbocycles. The normalized spacial score (nSPS) is 14.3. The number of nitrogen functional groups attached to an aromatic ring is 2. The summed E-state index contributed by atoms with van der Waals surface area (Å²) >= 11 is 0. The van der Waals surface area contributed by atoms with Crippen molar-refractivity contribution in [3.63, 3.8) is 0 Å². The van der Waals surface area contributed by atoms with Crippen LogP contribution in [0, 0.1) is 27.7 Å². The smallest absolute Gasteiger partial charge is 0.398 e. The first-order chi connectivity index (χ1) is 16.7. The molecule has 0 aromatic heterocycles. The van der Waals surface area contributed by atoms with Crippen LogP contribution >= 0.6 is 0 Å². The lowest BCUT2D eigenvalue weighted by atomic mass is 9.80. The van der Waals surface area contributed by atoms with E-state index in [4.69, 9.17) is 11.5 Å². The highest BCUT2D eigenvalue weighted by Gasteiger charge is 2.73. The second-order valence-corrected chi connectivity index (χ2v) is 8.68. The molecule has 0 heterocycles. The van der Waals surface area contributed by atoms with Crippen molar-refractivity contribution in [1.82, 2.24) is 0 Å². The van der Waals surface area contributed by atoms with Crippen LogP contribution in [0.15, 0.2) is 12.1 Å². The summed E-state index contributed by atoms with van der Waals surface area (Å²) in [4.78, 5) is 0. The Labute approximate surface area is 206 Å². The van der Waals surface area contributed by atoms with Gasteiger partial charge in [-0.3, -0.25) is 0 Å². The van der Waals surface area contributed by atoms with Gasteiger partial charge in [0.05, 0.1) is 0 Å². The summed E-state index contributed by atoms with van der Waals surface area (Å²) in [5, 5.41) is 19.8. The van der Waals surface area contributed by atoms with E-state index in [0.29, 0.717) is 0 Å². The van der Waals surface area contributed by atoms with E-state index >= 15 is 0 Å². The topological polar surface area (TPSA) is 92.5 Å². The Morgan fingerprint density at radius 2 is 0.684 bits per heavy atom. The third-order valence-electron chi connectivity index (χ3n) is 6.61. The maximum absolute atomic E-state index is 13.6. The van der Waals surface area contributed by atoms with Crippen LogP contribution in [-0.2, 0) is 11.2 Å². The number of aliphatic hydroxyl groups is 2. The Hall–Kier alpha value is -2.88. The predicted molar refractivity (Wildman–Crippen MR) is 112 cm³/mol. The van der Waals surface area contributed by atoms with Gasteiger partial charge in [0.25, 0.3) is 11.2 Å². The van der Waals surface area contributed by atoms with Gasteiger partial charge in [0.15, 0.2) is 0 Å². The van der Waals surface area contributed by atoms with Gasteiger partial charge in [0.2, 0.25) is 0 Å². The Morgan fingerprint density at radius 1 is 0.474 bits per heavy atom. The SMILES string of the molecule is Cc1c(-c2cc(C(O)(C(F)(F)F)C(F)(F)F)c(N)c(C)c2C)cc(C(O)(C(F)(F)F)C(F)(F)F)c(N)c1C. The first kappa shape index (κ1) is 31.3. The lowest BCUT2D eigenvalue weighted by Crippen LogP contribution is -2.54. The lowest BCUT2D eigenvalue weighted by Gasteiger charge is -2.36. The Morgan fingerprint density at radius 3 is 0.868 bits per heavy atom. The second kappa shape index (κ2) is 8.83. The zero-order valence-corrected chi connectivity index (χ0v) is 19.7. The van der Waals surface area contributed by atoms with E-state index in [0.717, 1.165) is 27.7 Å². The minimum absolute atomic E-state index is 0.0840. The van der Waals surface area contributed by atoms with Crippen LogP contribution < -0.4 is 11.5 Å². The van der Waals surface area contributed by atoms with E-state index < -0.39 is 80.7 Å². The summed E-state index contributed by atoms with van der Waals surface area (Å²) in [6.07, 6.45) is -25.6. The van der Waals surface area contributed by atoms with Crippen LogP contribution in [0.2, 0.25) is 0 Å². The monoisotopic (exact) mass is 572 g/mol. The molecule has 0 saturated heterocycles. The number of rotatable bonds is 3. The maximum Gasteiger partial charge on any atom is 0.430 e. The van der Waals surface area contributed by atoms with Crippen molar-refractivity contribution in [1.29, 1.82) is 0 Å². The van der Waals surface area contributed by atoms with Gasteiger partial charge in [-0.1, -0.05) is 0 Å². The molecule has 0 bridgehead atoms. The first-order valence-corrected chi connectivity index (χ1v) is 10.2. The molecule has 0 atom stereocenters. The molecule has 2 rings (SSSR count). The minimum atomic E-state index is -6.40. The molecular formula is C22H20F12N2O2. The second-order valence-electron chi connectivity index (χ2n) is 8.68. The molecule has 6 N–H and O–H groups in total. The average molecular weight is 572 g/mol. The van der Waals surface area contributed by atoms with Crippen LogP contribution in [0.25, 0.3) is 11.1 Å². The predicted octanol–water partition coefficient (Wildman–Crippen LogP) is 6.38. The highest BCUT2D eigenvalue weighted by atomic mass is 19.4. The number of nitrogens with two attached hydrogens (primary N) is 2. The van der Waals surface area contributed by atoms with Gasteiger partial charge in [-0.2, -0.15) is 52.7 Å². The zero-order chi connectivity index (χ0) is 30.2. The van der Waals surface area contributed by atoms with E-state index in [1.165, 1.54) is 0 Å². The molecule has 0 aliphatic heterocycles. The van der Waals surface area contributed by atoms with E-state index in [9.17, 15) is 62.9 Å². The van der Waals surface area contributed by atoms with Crippen molar-refractivity contribution in [3.05, 3.63) is 45.5 Å². The van der Waals surface area contributed by atoms with E-state index in [1.807, 2.05) is 0 Å². The van der Waals surface area contributed by atoms with Crippen molar-refractivity contribution in [2.24, 2.45) is 0 Å². The van der Waals surface area contributed by atoms with Gasteiger partial charge in [-0.15, -0.1) is 0 Å². The molecule has 0 aliphatic carbocycles. The Bertz CT molecular complexity index is 1130. The van der Waals surface area contributed by atoms with Crippen LogP contribution in [0.3, 0.4) is 0 Å². The lowest BCUT2D eigenvalue weighted by molar-refractivity contribution is -0.376. The summed E-state index contributed by atoms with van der Waals surface area (Å²) < 4.78 is 163. The highest BCUT2D eigenvalue weighted by Crippen LogP contribution is 2.55. The molecule has 0 saturated carbocycles. The number of benzene rings is 2. The van der Waals surface area contributed by atoms with Crippen molar-refractivity contribution >= 4 is 11.4 Å². The van der Waals surface area contributed by atoms with Gasteiger partial charge < -0.3 is 21.7 Å². The molecule has 16 heteroatoms. The average Bonchev–Trinajstić information content (AvgIpc) is 2.72. The van der Waals surface area contributed by atoms with Gasteiger partial charge in [-0.05, 0) is 73.2 Å². The standard InChI is InChI=1S/C22H20F12N2O2/c1-7-9(3)15(35)13(17(37,19(23,24)25)20(26,27)28)5-11(7)12-6-14(16(36)10(4)8(12)2)18(38,21(29,30)31)22(32,33)34/h5-6,37-38H,35-36H2,1-4H3. The maximum atomic E-state index is 13.6. The summed E-state index contributed by atoms with van der Waals surface area (Å²) in [5.41, 5.74) is -9.27. The molecule has 0 aliphatic rings. The first-order valence-electron chi connectivity index (χ1n) is 10.2. The Balaban J connectivity index is 3.17. The Kier molecular flexibility index (Phi) is 7.28. The van der Waals surface area contributed by atoms with Gasteiger partial charge in [0, 0.05) is 22.5 Å². The van der Waals surface area contributed by atoms with Crippen LogP contribution in [0.4, 0.5) is 64.1 Å². The third kappa shape index (κ3) is 4.30. The molecule has 0 unspecified atom stereocenters. The fraction of sp³-hybridized carbons (Fsp3) is 0.455. The van der Waals surface area contributed by atoms with Crippen molar-refractivity contribution < 1.29 is 62.9 Å².